The lowest BCUT2D eigenvalue weighted by Gasteiger charge is -2.33. The van der Waals surface area contributed by atoms with Gasteiger partial charge in [0.1, 0.15) is 5.02 Å². The van der Waals surface area contributed by atoms with E-state index in [0.29, 0.717) is 17.6 Å². The van der Waals surface area contributed by atoms with Crippen molar-refractivity contribution < 1.29 is 0 Å². The van der Waals surface area contributed by atoms with Gasteiger partial charge in [0.2, 0.25) is 0 Å². The van der Waals surface area contributed by atoms with Crippen LogP contribution >= 0.6 is 11.6 Å². The van der Waals surface area contributed by atoms with Crippen LogP contribution in [0.3, 0.4) is 0 Å². The zero-order chi connectivity index (χ0) is 13.8. The van der Waals surface area contributed by atoms with E-state index in [2.05, 4.69) is 15.3 Å². The minimum Gasteiger partial charge on any atom is -0.369 e. The Hall–Kier alpha value is -1.07. The highest BCUT2D eigenvalue weighted by molar-refractivity contribution is 6.33. The molecule has 0 atom stereocenters. The van der Waals surface area contributed by atoms with Crippen molar-refractivity contribution in [2.24, 2.45) is 0 Å². The van der Waals surface area contributed by atoms with Crippen molar-refractivity contribution >= 4 is 17.3 Å². The normalized spacial score (nSPS) is 16.9. The number of aryl methyl sites for hydroxylation is 1. The molecule has 1 fully saturated rings. The molecule has 1 aromatic heterocycles. The van der Waals surface area contributed by atoms with E-state index in [-0.39, 0.29) is 5.56 Å². The van der Waals surface area contributed by atoms with Crippen molar-refractivity contribution in [3.8, 4) is 0 Å². The van der Waals surface area contributed by atoms with Gasteiger partial charge in [-0.25, -0.2) is 4.68 Å². The summed E-state index contributed by atoms with van der Waals surface area (Å²) in [5.41, 5.74) is 0.588. The summed E-state index contributed by atoms with van der Waals surface area (Å²) in [6.45, 7) is 4.44. The number of aromatic nitrogens is 2. The molecule has 0 aliphatic carbocycles. The highest BCUT2D eigenvalue weighted by Crippen LogP contribution is 2.24. The second-order valence-electron chi connectivity index (χ2n) is 4.92. The summed E-state index contributed by atoms with van der Waals surface area (Å²) in [6, 6.07) is 0.559. The largest absolute Gasteiger partial charge is 0.369 e. The molecule has 106 valence electrons. The van der Waals surface area contributed by atoms with Crippen LogP contribution in [-0.4, -0.2) is 36.0 Å². The zero-order valence-electron chi connectivity index (χ0n) is 11.5. The smallest absolute Gasteiger partial charge is 0.287 e. The maximum Gasteiger partial charge on any atom is 0.287 e. The van der Waals surface area contributed by atoms with E-state index in [1.54, 1.807) is 6.20 Å². The molecule has 1 aromatic rings. The van der Waals surface area contributed by atoms with Crippen LogP contribution in [0.2, 0.25) is 5.02 Å². The molecular weight excluding hydrogens is 264 g/mol. The number of hydrogen-bond donors (Lipinski definition) is 1. The van der Waals surface area contributed by atoms with Crippen molar-refractivity contribution in [1.82, 2.24) is 15.1 Å². The molecule has 1 aliphatic heterocycles. The Bertz CT molecular complexity index is 480. The molecule has 5 nitrogen and oxygen atoms in total. The molecule has 0 saturated carbocycles. The van der Waals surface area contributed by atoms with E-state index in [4.69, 9.17) is 11.6 Å². The van der Waals surface area contributed by atoms with Crippen LogP contribution in [0, 0.1) is 0 Å². The fourth-order valence-electron chi connectivity index (χ4n) is 2.46. The van der Waals surface area contributed by atoms with Gasteiger partial charge in [0.05, 0.1) is 11.9 Å². The van der Waals surface area contributed by atoms with Gasteiger partial charge in [0, 0.05) is 25.7 Å². The standard InChI is InChI=1S/C13H21ClN4O/c1-3-6-18-13(19)12(14)11(9-16-18)17-7-4-10(15-2)5-8-17/h9-10,15H,3-8H2,1-2H3. The van der Waals surface area contributed by atoms with Gasteiger partial charge in [-0.15, -0.1) is 0 Å². The van der Waals surface area contributed by atoms with Crippen molar-refractivity contribution in [1.29, 1.82) is 0 Å². The molecule has 6 heteroatoms. The van der Waals surface area contributed by atoms with E-state index >= 15 is 0 Å². The van der Waals surface area contributed by atoms with Crippen molar-refractivity contribution in [3.63, 3.8) is 0 Å². The monoisotopic (exact) mass is 284 g/mol. The molecule has 0 amide bonds. The molecule has 1 N–H and O–H groups in total. The minimum absolute atomic E-state index is 0.184. The Morgan fingerprint density at radius 2 is 2.16 bits per heavy atom. The van der Waals surface area contributed by atoms with Crippen LogP contribution < -0.4 is 15.8 Å². The lowest BCUT2D eigenvalue weighted by Crippen LogP contribution is -2.42. The van der Waals surface area contributed by atoms with Crippen molar-refractivity contribution in [2.75, 3.05) is 25.0 Å². The number of anilines is 1. The first-order valence-corrected chi connectivity index (χ1v) is 7.23. The Morgan fingerprint density at radius 1 is 1.47 bits per heavy atom. The molecule has 0 aromatic carbocycles. The Kier molecular flexibility index (Phi) is 4.82. The van der Waals surface area contributed by atoms with Gasteiger partial charge in [0.25, 0.3) is 5.56 Å². The zero-order valence-corrected chi connectivity index (χ0v) is 12.3. The van der Waals surface area contributed by atoms with E-state index in [1.807, 2.05) is 14.0 Å². The Labute approximate surface area is 118 Å². The summed E-state index contributed by atoms with van der Waals surface area (Å²) in [6.07, 6.45) is 4.71. The van der Waals surface area contributed by atoms with Crippen LogP contribution in [0.15, 0.2) is 11.0 Å². The predicted octanol–water partition coefficient (Wildman–Crippen LogP) is 1.49. The maximum absolute atomic E-state index is 12.1. The number of piperidine rings is 1. The summed E-state index contributed by atoms with van der Waals surface area (Å²) < 4.78 is 1.44. The summed E-state index contributed by atoms with van der Waals surface area (Å²) >= 11 is 6.21. The van der Waals surface area contributed by atoms with Crippen LogP contribution in [0.1, 0.15) is 26.2 Å². The average molecular weight is 285 g/mol. The third-order valence-corrected chi connectivity index (χ3v) is 4.00. The lowest BCUT2D eigenvalue weighted by atomic mass is 10.1. The number of nitrogens with zero attached hydrogens (tertiary/aromatic N) is 3. The fourth-order valence-corrected chi connectivity index (χ4v) is 2.72. The summed E-state index contributed by atoms with van der Waals surface area (Å²) in [4.78, 5) is 14.2. The molecule has 1 saturated heterocycles. The quantitative estimate of drug-likeness (QED) is 0.910. The summed E-state index contributed by atoms with van der Waals surface area (Å²) in [7, 11) is 1.99. The summed E-state index contributed by atoms with van der Waals surface area (Å²) in [5, 5.41) is 7.79. The molecule has 1 aliphatic rings. The fraction of sp³-hybridized carbons (Fsp3) is 0.692. The first kappa shape index (κ1) is 14.3. The van der Waals surface area contributed by atoms with Crippen LogP contribution in [-0.2, 0) is 6.54 Å². The first-order chi connectivity index (χ1) is 9.17. The van der Waals surface area contributed by atoms with Crippen molar-refractivity contribution in [2.45, 2.75) is 38.8 Å². The average Bonchev–Trinajstić information content (AvgIpc) is 2.45. The van der Waals surface area contributed by atoms with Crippen LogP contribution in [0.4, 0.5) is 5.69 Å². The number of nitrogens with one attached hydrogen (secondary N) is 1. The third-order valence-electron chi connectivity index (χ3n) is 3.65. The van der Waals surface area contributed by atoms with Gasteiger partial charge >= 0.3 is 0 Å². The topological polar surface area (TPSA) is 50.2 Å². The molecule has 2 heterocycles. The second kappa shape index (κ2) is 6.39. The molecule has 0 unspecified atom stereocenters. The third kappa shape index (κ3) is 3.09. The highest BCUT2D eigenvalue weighted by Gasteiger charge is 2.21. The van der Waals surface area contributed by atoms with E-state index < -0.39 is 0 Å². The predicted molar refractivity (Wildman–Crippen MR) is 78.1 cm³/mol. The highest BCUT2D eigenvalue weighted by atomic mass is 35.5. The Balaban J connectivity index is 2.18. The molecule has 19 heavy (non-hydrogen) atoms. The number of halogens is 1. The van der Waals surface area contributed by atoms with Gasteiger partial charge in [-0.1, -0.05) is 18.5 Å². The van der Waals surface area contributed by atoms with Gasteiger partial charge in [-0.05, 0) is 26.3 Å². The van der Waals surface area contributed by atoms with Gasteiger partial charge < -0.3 is 10.2 Å². The first-order valence-electron chi connectivity index (χ1n) is 6.85. The molecule has 2 rings (SSSR count). The second-order valence-corrected chi connectivity index (χ2v) is 5.30. The van der Waals surface area contributed by atoms with Gasteiger partial charge in [-0.2, -0.15) is 5.10 Å². The molecular formula is C13H21ClN4O. The van der Waals surface area contributed by atoms with Gasteiger partial charge in [0.15, 0.2) is 0 Å². The van der Waals surface area contributed by atoms with E-state index in [0.717, 1.165) is 38.0 Å². The molecule has 0 spiro atoms. The summed E-state index contributed by atoms with van der Waals surface area (Å²) in [5.74, 6) is 0. The van der Waals surface area contributed by atoms with Crippen molar-refractivity contribution in [3.05, 3.63) is 21.6 Å². The minimum atomic E-state index is -0.184. The van der Waals surface area contributed by atoms with E-state index in [9.17, 15) is 4.79 Å². The van der Waals surface area contributed by atoms with Crippen LogP contribution in [0.5, 0.6) is 0 Å². The van der Waals surface area contributed by atoms with E-state index in [1.165, 1.54) is 4.68 Å². The molecule has 0 bridgehead atoms. The van der Waals surface area contributed by atoms with Gasteiger partial charge in [-0.3, -0.25) is 4.79 Å². The molecule has 0 radical (unpaired) electrons. The number of rotatable bonds is 4. The Morgan fingerprint density at radius 3 is 2.74 bits per heavy atom. The SMILES string of the molecule is CCCn1ncc(N2CCC(NC)CC2)c(Cl)c1=O. The lowest BCUT2D eigenvalue weighted by molar-refractivity contribution is 0.441. The maximum atomic E-state index is 12.1. The van der Waals surface area contributed by atoms with Crippen LogP contribution in [0.25, 0.3) is 0 Å². The number of hydrogen-bond acceptors (Lipinski definition) is 4.